The Bertz CT molecular complexity index is 404. The van der Waals surface area contributed by atoms with Crippen molar-refractivity contribution in [2.75, 3.05) is 32.9 Å². The molecule has 92 valence electrons. The molecule has 0 aromatic heterocycles. The van der Waals surface area contributed by atoms with Crippen LogP contribution in [-0.2, 0) is 11.2 Å². The molecule has 0 N–H and O–H groups in total. The van der Waals surface area contributed by atoms with Crippen molar-refractivity contribution in [3.8, 4) is 5.75 Å². The predicted molar refractivity (Wildman–Crippen MR) is 61.8 cm³/mol. The summed E-state index contributed by atoms with van der Waals surface area (Å²) in [6.45, 7) is 4.15. The molecule has 3 nitrogen and oxygen atoms in total. The molecular weight excluding hydrogens is 221 g/mol. The lowest BCUT2D eigenvalue weighted by atomic mass is 10.0. The number of ether oxygens (including phenoxy) is 2. The number of hydrogen-bond acceptors (Lipinski definition) is 3. The maximum atomic E-state index is 13.2. The zero-order valence-electron chi connectivity index (χ0n) is 9.69. The molecule has 0 bridgehead atoms. The first-order chi connectivity index (χ1) is 8.33. The van der Waals surface area contributed by atoms with Gasteiger partial charge in [-0.2, -0.15) is 0 Å². The molecule has 0 spiro atoms. The maximum absolute atomic E-state index is 13.2. The van der Waals surface area contributed by atoms with E-state index in [-0.39, 0.29) is 5.82 Å². The molecule has 1 atom stereocenters. The van der Waals surface area contributed by atoms with E-state index in [2.05, 4.69) is 4.90 Å². The number of morpholine rings is 1. The second-order valence-electron chi connectivity index (χ2n) is 4.57. The van der Waals surface area contributed by atoms with Crippen molar-refractivity contribution in [2.45, 2.75) is 12.5 Å². The van der Waals surface area contributed by atoms with E-state index in [4.69, 9.17) is 9.47 Å². The number of benzene rings is 1. The second-order valence-corrected chi connectivity index (χ2v) is 4.57. The van der Waals surface area contributed by atoms with Crippen molar-refractivity contribution in [1.29, 1.82) is 0 Å². The van der Waals surface area contributed by atoms with Gasteiger partial charge in [-0.1, -0.05) is 0 Å². The molecule has 1 fully saturated rings. The van der Waals surface area contributed by atoms with Crippen molar-refractivity contribution in [1.82, 2.24) is 4.90 Å². The molecule has 1 aromatic carbocycles. The summed E-state index contributed by atoms with van der Waals surface area (Å²) < 4.78 is 24.2. The largest absolute Gasteiger partial charge is 0.492 e. The van der Waals surface area contributed by atoms with Crippen LogP contribution in [0.25, 0.3) is 0 Å². The number of hydrogen-bond donors (Lipinski definition) is 0. The van der Waals surface area contributed by atoms with Crippen LogP contribution in [0, 0.1) is 5.82 Å². The van der Waals surface area contributed by atoms with Crippen LogP contribution < -0.4 is 4.74 Å². The second kappa shape index (κ2) is 4.63. The van der Waals surface area contributed by atoms with Gasteiger partial charge >= 0.3 is 0 Å². The summed E-state index contributed by atoms with van der Waals surface area (Å²) in [4.78, 5) is 2.37. The van der Waals surface area contributed by atoms with Crippen LogP contribution in [0.15, 0.2) is 18.2 Å². The zero-order valence-corrected chi connectivity index (χ0v) is 9.69. The fraction of sp³-hybridized carbons (Fsp3) is 0.538. The molecular formula is C13H16FNO2. The highest BCUT2D eigenvalue weighted by Gasteiger charge is 2.26. The summed E-state index contributed by atoms with van der Waals surface area (Å²) in [5.74, 6) is 0.644. The van der Waals surface area contributed by atoms with Crippen molar-refractivity contribution in [2.24, 2.45) is 0 Å². The summed E-state index contributed by atoms with van der Waals surface area (Å²) in [7, 11) is 0. The van der Waals surface area contributed by atoms with E-state index in [0.29, 0.717) is 12.6 Å². The fourth-order valence-electron chi connectivity index (χ4n) is 2.52. The maximum Gasteiger partial charge on any atom is 0.123 e. The minimum Gasteiger partial charge on any atom is -0.492 e. The normalized spacial score (nSPS) is 25.1. The third kappa shape index (κ3) is 2.28. The van der Waals surface area contributed by atoms with Gasteiger partial charge in [0.1, 0.15) is 18.2 Å². The average Bonchev–Trinajstić information content (AvgIpc) is 2.39. The Labute approximate surface area is 100 Å². The summed E-state index contributed by atoms with van der Waals surface area (Å²) in [6, 6.07) is 5.11. The van der Waals surface area contributed by atoms with Crippen molar-refractivity contribution in [3.63, 3.8) is 0 Å². The summed E-state index contributed by atoms with van der Waals surface area (Å²) in [5, 5.41) is 0. The topological polar surface area (TPSA) is 21.7 Å². The van der Waals surface area contributed by atoms with Gasteiger partial charge < -0.3 is 9.47 Å². The van der Waals surface area contributed by atoms with E-state index in [1.54, 1.807) is 12.1 Å². The van der Waals surface area contributed by atoms with Gasteiger partial charge in [-0.25, -0.2) is 4.39 Å². The Hall–Kier alpha value is -1.13. The van der Waals surface area contributed by atoms with Gasteiger partial charge in [0.15, 0.2) is 0 Å². The van der Waals surface area contributed by atoms with E-state index in [1.807, 2.05) is 0 Å². The molecule has 17 heavy (non-hydrogen) atoms. The predicted octanol–water partition coefficient (Wildman–Crippen LogP) is 1.46. The average molecular weight is 237 g/mol. The van der Waals surface area contributed by atoms with E-state index < -0.39 is 0 Å². The molecule has 0 saturated carbocycles. The van der Waals surface area contributed by atoms with Crippen LogP contribution in [-0.4, -0.2) is 43.9 Å². The molecule has 4 heteroatoms. The summed E-state index contributed by atoms with van der Waals surface area (Å²) >= 11 is 0. The monoisotopic (exact) mass is 237 g/mol. The third-order valence-electron chi connectivity index (χ3n) is 3.47. The minimum absolute atomic E-state index is 0.185. The number of nitrogens with zero attached hydrogens (tertiary/aromatic N) is 1. The molecule has 2 aliphatic rings. The molecule has 3 rings (SSSR count). The number of fused-ring (bicyclic) bond motifs is 1. The Balaban J connectivity index is 1.75. The van der Waals surface area contributed by atoms with Crippen LogP contribution in [0.5, 0.6) is 5.75 Å². The zero-order chi connectivity index (χ0) is 11.7. The van der Waals surface area contributed by atoms with Crippen molar-refractivity contribution in [3.05, 3.63) is 29.6 Å². The molecule has 2 heterocycles. The van der Waals surface area contributed by atoms with E-state index in [9.17, 15) is 4.39 Å². The number of rotatable bonds is 1. The first kappa shape index (κ1) is 11.0. The third-order valence-corrected chi connectivity index (χ3v) is 3.47. The molecule has 2 aliphatic heterocycles. The van der Waals surface area contributed by atoms with Crippen molar-refractivity contribution >= 4 is 0 Å². The highest BCUT2D eigenvalue weighted by Crippen LogP contribution is 2.27. The van der Waals surface area contributed by atoms with Crippen LogP contribution in [0.3, 0.4) is 0 Å². The van der Waals surface area contributed by atoms with Crippen LogP contribution in [0.4, 0.5) is 4.39 Å². The van der Waals surface area contributed by atoms with Crippen LogP contribution >= 0.6 is 0 Å². The smallest absolute Gasteiger partial charge is 0.123 e. The minimum atomic E-state index is -0.185. The van der Waals surface area contributed by atoms with Gasteiger partial charge in [0.25, 0.3) is 0 Å². The fourth-order valence-corrected chi connectivity index (χ4v) is 2.52. The SMILES string of the molecule is Fc1ccc2c(c1)CC(N1CCOCC1)CO2. The van der Waals surface area contributed by atoms with Crippen molar-refractivity contribution < 1.29 is 13.9 Å². The molecule has 1 unspecified atom stereocenters. The molecule has 1 saturated heterocycles. The van der Waals surface area contributed by atoms with Gasteiger partial charge in [-0.05, 0) is 30.2 Å². The van der Waals surface area contributed by atoms with Gasteiger partial charge in [0.05, 0.1) is 13.2 Å². The first-order valence-electron chi connectivity index (χ1n) is 6.06. The van der Waals surface area contributed by atoms with Gasteiger partial charge in [0.2, 0.25) is 0 Å². The summed E-state index contributed by atoms with van der Waals surface area (Å²) in [6.07, 6.45) is 0.868. The number of halogens is 1. The molecule has 1 aromatic rings. The van der Waals surface area contributed by atoms with E-state index >= 15 is 0 Å². The lowest BCUT2D eigenvalue weighted by molar-refractivity contribution is 0.00244. The van der Waals surface area contributed by atoms with E-state index in [0.717, 1.165) is 44.0 Å². The van der Waals surface area contributed by atoms with E-state index in [1.165, 1.54) is 6.07 Å². The highest BCUT2D eigenvalue weighted by atomic mass is 19.1. The molecule has 0 amide bonds. The van der Waals surface area contributed by atoms with Gasteiger partial charge in [-0.3, -0.25) is 4.90 Å². The summed E-state index contributed by atoms with van der Waals surface area (Å²) in [5.41, 5.74) is 0.979. The van der Waals surface area contributed by atoms with Gasteiger partial charge in [0, 0.05) is 19.1 Å². The van der Waals surface area contributed by atoms with Crippen LogP contribution in [0.2, 0.25) is 0 Å². The standard InChI is InChI=1S/C13H16FNO2/c14-11-1-2-13-10(7-11)8-12(9-17-13)15-3-5-16-6-4-15/h1-2,7,12H,3-6,8-9H2. The van der Waals surface area contributed by atoms with Gasteiger partial charge in [-0.15, -0.1) is 0 Å². The Morgan fingerprint density at radius 1 is 1.24 bits per heavy atom. The molecule has 0 radical (unpaired) electrons. The lowest BCUT2D eigenvalue weighted by Gasteiger charge is -2.37. The first-order valence-corrected chi connectivity index (χ1v) is 6.06. The Kier molecular flexibility index (Phi) is 2.99. The Morgan fingerprint density at radius 2 is 2.06 bits per heavy atom. The van der Waals surface area contributed by atoms with Crippen LogP contribution in [0.1, 0.15) is 5.56 Å². The Morgan fingerprint density at radius 3 is 2.88 bits per heavy atom. The lowest BCUT2D eigenvalue weighted by Crippen LogP contribution is -2.48. The highest BCUT2D eigenvalue weighted by molar-refractivity contribution is 5.36. The quantitative estimate of drug-likeness (QED) is 0.738. The molecule has 0 aliphatic carbocycles.